The van der Waals surface area contributed by atoms with Crippen LogP contribution in [0.25, 0.3) is 0 Å². The molecular formula is C19H26N2O3S. The lowest BCUT2D eigenvalue weighted by Gasteiger charge is -2.25. The van der Waals surface area contributed by atoms with Crippen molar-refractivity contribution in [3.05, 3.63) is 47.3 Å². The minimum atomic E-state index is 0.0441. The number of aromatic nitrogens is 1. The van der Waals surface area contributed by atoms with E-state index in [0.29, 0.717) is 31.4 Å². The maximum absolute atomic E-state index is 13.0. The van der Waals surface area contributed by atoms with Gasteiger partial charge in [-0.15, -0.1) is 11.8 Å². The van der Waals surface area contributed by atoms with Gasteiger partial charge in [0.1, 0.15) is 5.76 Å². The standard InChI is InChI=1S/C19H26N2O3S/c1-14(2)12-21(9-10-23-4)19(22)17-7-5-6-8-18(17)25-13-16-11-15(3)20-24-16/h5-8,11,14H,9-10,12-13H2,1-4H3. The van der Waals surface area contributed by atoms with Crippen LogP contribution < -0.4 is 0 Å². The molecule has 5 nitrogen and oxygen atoms in total. The fourth-order valence-electron chi connectivity index (χ4n) is 2.49. The summed E-state index contributed by atoms with van der Waals surface area (Å²) in [5.74, 6) is 1.90. The summed E-state index contributed by atoms with van der Waals surface area (Å²) < 4.78 is 10.4. The van der Waals surface area contributed by atoms with Crippen LogP contribution in [0, 0.1) is 12.8 Å². The van der Waals surface area contributed by atoms with E-state index >= 15 is 0 Å². The van der Waals surface area contributed by atoms with E-state index in [1.165, 1.54) is 0 Å². The number of aryl methyl sites for hydroxylation is 1. The van der Waals surface area contributed by atoms with Gasteiger partial charge in [0.2, 0.25) is 0 Å². The number of nitrogens with zero attached hydrogens (tertiary/aromatic N) is 2. The zero-order chi connectivity index (χ0) is 18.2. The van der Waals surface area contributed by atoms with Gasteiger partial charge >= 0.3 is 0 Å². The third kappa shape index (κ3) is 5.90. The van der Waals surface area contributed by atoms with Crippen molar-refractivity contribution >= 4 is 17.7 Å². The number of hydrogen-bond donors (Lipinski definition) is 0. The Labute approximate surface area is 153 Å². The molecule has 0 unspecified atom stereocenters. The van der Waals surface area contributed by atoms with Crippen molar-refractivity contribution in [1.29, 1.82) is 0 Å². The highest BCUT2D eigenvalue weighted by Crippen LogP contribution is 2.27. The fourth-order valence-corrected chi connectivity index (χ4v) is 3.41. The second kappa shape index (κ2) is 9.63. The van der Waals surface area contributed by atoms with Crippen molar-refractivity contribution in [2.24, 2.45) is 5.92 Å². The molecule has 2 rings (SSSR count). The summed E-state index contributed by atoms with van der Waals surface area (Å²) in [7, 11) is 1.65. The maximum atomic E-state index is 13.0. The smallest absolute Gasteiger partial charge is 0.255 e. The molecule has 1 aromatic carbocycles. The van der Waals surface area contributed by atoms with E-state index in [1.807, 2.05) is 42.2 Å². The number of carbonyl (C=O) groups excluding carboxylic acids is 1. The molecule has 0 radical (unpaired) electrons. The average Bonchev–Trinajstić information content (AvgIpc) is 3.01. The number of rotatable bonds is 9. The molecule has 0 saturated heterocycles. The van der Waals surface area contributed by atoms with Gasteiger partial charge in [-0.25, -0.2) is 0 Å². The van der Waals surface area contributed by atoms with E-state index in [1.54, 1.807) is 18.9 Å². The minimum absolute atomic E-state index is 0.0441. The Balaban J connectivity index is 2.14. The van der Waals surface area contributed by atoms with Gasteiger partial charge in [0, 0.05) is 31.2 Å². The Hall–Kier alpha value is -1.79. The molecule has 0 bridgehead atoms. The zero-order valence-electron chi connectivity index (χ0n) is 15.3. The molecule has 0 fully saturated rings. The number of carbonyl (C=O) groups is 1. The molecule has 0 aliphatic carbocycles. The van der Waals surface area contributed by atoms with Crippen LogP contribution in [0.1, 0.15) is 35.7 Å². The average molecular weight is 362 g/mol. The molecule has 1 heterocycles. The molecular weight excluding hydrogens is 336 g/mol. The normalized spacial score (nSPS) is 11.1. The molecule has 6 heteroatoms. The number of methoxy groups -OCH3 is 1. The van der Waals surface area contributed by atoms with E-state index < -0.39 is 0 Å². The van der Waals surface area contributed by atoms with E-state index in [2.05, 4.69) is 19.0 Å². The van der Waals surface area contributed by atoms with Crippen LogP contribution in [-0.4, -0.2) is 42.8 Å². The number of benzene rings is 1. The third-order valence-corrected chi connectivity index (χ3v) is 4.70. The Morgan fingerprint density at radius 3 is 2.76 bits per heavy atom. The van der Waals surface area contributed by atoms with Crippen molar-refractivity contribution in [3.63, 3.8) is 0 Å². The Morgan fingerprint density at radius 1 is 1.36 bits per heavy atom. The maximum Gasteiger partial charge on any atom is 0.255 e. The first-order valence-corrected chi connectivity index (χ1v) is 9.42. The summed E-state index contributed by atoms with van der Waals surface area (Å²) in [5, 5.41) is 3.90. The second-order valence-electron chi connectivity index (χ2n) is 6.36. The monoisotopic (exact) mass is 362 g/mol. The second-order valence-corrected chi connectivity index (χ2v) is 7.37. The van der Waals surface area contributed by atoms with E-state index in [4.69, 9.17) is 9.26 Å². The SMILES string of the molecule is COCCN(CC(C)C)C(=O)c1ccccc1SCc1cc(C)no1. The quantitative estimate of drug-likeness (QED) is 0.631. The number of ether oxygens (including phenoxy) is 1. The molecule has 0 aliphatic heterocycles. The molecule has 0 N–H and O–H groups in total. The molecule has 25 heavy (non-hydrogen) atoms. The van der Waals surface area contributed by atoms with Gasteiger partial charge in [0.15, 0.2) is 0 Å². The van der Waals surface area contributed by atoms with E-state index in [0.717, 1.165) is 21.9 Å². The first kappa shape index (κ1) is 19.5. The van der Waals surface area contributed by atoms with Gasteiger partial charge in [-0.3, -0.25) is 4.79 Å². The topological polar surface area (TPSA) is 55.6 Å². The zero-order valence-corrected chi connectivity index (χ0v) is 16.1. The van der Waals surface area contributed by atoms with Gasteiger partial charge in [-0.05, 0) is 25.0 Å². The summed E-state index contributed by atoms with van der Waals surface area (Å²) in [6, 6.07) is 9.63. The van der Waals surface area contributed by atoms with Crippen LogP contribution >= 0.6 is 11.8 Å². The van der Waals surface area contributed by atoms with Crippen molar-refractivity contribution < 1.29 is 14.1 Å². The summed E-state index contributed by atoms with van der Waals surface area (Å²) in [6.45, 7) is 7.95. The highest BCUT2D eigenvalue weighted by Gasteiger charge is 2.20. The van der Waals surface area contributed by atoms with Crippen LogP contribution in [0.2, 0.25) is 0 Å². The van der Waals surface area contributed by atoms with Crippen LogP contribution in [0.4, 0.5) is 0 Å². The highest BCUT2D eigenvalue weighted by atomic mass is 32.2. The van der Waals surface area contributed by atoms with E-state index in [9.17, 15) is 4.79 Å². The molecule has 1 aromatic heterocycles. The van der Waals surface area contributed by atoms with Crippen molar-refractivity contribution in [2.75, 3.05) is 26.8 Å². The van der Waals surface area contributed by atoms with Crippen molar-refractivity contribution in [2.45, 2.75) is 31.4 Å². The number of hydrogen-bond acceptors (Lipinski definition) is 5. The van der Waals surface area contributed by atoms with Crippen molar-refractivity contribution in [3.8, 4) is 0 Å². The van der Waals surface area contributed by atoms with Gasteiger partial charge in [0.25, 0.3) is 5.91 Å². The van der Waals surface area contributed by atoms with Crippen LogP contribution in [0.3, 0.4) is 0 Å². The molecule has 1 amide bonds. The Bertz CT molecular complexity index is 685. The largest absolute Gasteiger partial charge is 0.383 e. The molecule has 2 aromatic rings. The lowest BCUT2D eigenvalue weighted by molar-refractivity contribution is 0.0669. The van der Waals surface area contributed by atoms with Gasteiger partial charge in [-0.1, -0.05) is 31.1 Å². The summed E-state index contributed by atoms with van der Waals surface area (Å²) in [4.78, 5) is 15.9. The van der Waals surface area contributed by atoms with E-state index in [-0.39, 0.29) is 5.91 Å². The summed E-state index contributed by atoms with van der Waals surface area (Å²) in [5.41, 5.74) is 1.59. The Kier molecular flexibility index (Phi) is 7.52. The van der Waals surface area contributed by atoms with Crippen LogP contribution in [-0.2, 0) is 10.5 Å². The summed E-state index contributed by atoms with van der Waals surface area (Å²) >= 11 is 1.59. The van der Waals surface area contributed by atoms with Crippen LogP contribution in [0.15, 0.2) is 39.8 Å². The minimum Gasteiger partial charge on any atom is -0.383 e. The molecule has 136 valence electrons. The third-order valence-electron chi connectivity index (χ3n) is 3.60. The molecule has 0 atom stereocenters. The van der Waals surface area contributed by atoms with Gasteiger partial charge in [0.05, 0.1) is 23.6 Å². The predicted octanol–water partition coefficient (Wildman–Crippen LogP) is 4.02. The number of amides is 1. The predicted molar refractivity (Wildman–Crippen MR) is 99.9 cm³/mol. The van der Waals surface area contributed by atoms with Gasteiger partial charge < -0.3 is 14.2 Å². The lowest BCUT2D eigenvalue weighted by Crippen LogP contribution is -2.37. The van der Waals surface area contributed by atoms with Crippen LogP contribution in [0.5, 0.6) is 0 Å². The first-order chi connectivity index (χ1) is 12.0. The molecule has 0 saturated carbocycles. The van der Waals surface area contributed by atoms with Crippen molar-refractivity contribution in [1.82, 2.24) is 10.1 Å². The fraction of sp³-hybridized carbons (Fsp3) is 0.474. The molecule has 0 spiro atoms. The van der Waals surface area contributed by atoms with Gasteiger partial charge in [-0.2, -0.15) is 0 Å². The summed E-state index contributed by atoms with van der Waals surface area (Å²) in [6.07, 6.45) is 0. The molecule has 0 aliphatic rings. The number of thioether (sulfide) groups is 1. The first-order valence-electron chi connectivity index (χ1n) is 8.43. The highest BCUT2D eigenvalue weighted by molar-refractivity contribution is 7.98. The lowest BCUT2D eigenvalue weighted by atomic mass is 10.1. The Morgan fingerprint density at radius 2 is 2.12 bits per heavy atom.